The number of carbonyl (C=O) groups is 2. The highest BCUT2D eigenvalue weighted by molar-refractivity contribution is 5.96. The summed E-state index contributed by atoms with van der Waals surface area (Å²) in [7, 11) is 3.78. The molecule has 6 nitrogen and oxygen atoms in total. The Morgan fingerprint density at radius 2 is 1.74 bits per heavy atom. The van der Waals surface area contributed by atoms with Crippen molar-refractivity contribution in [2.24, 2.45) is 0 Å². The zero-order chi connectivity index (χ0) is 16.7. The first kappa shape index (κ1) is 16.4. The third kappa shape index (κ3) is 5.03. The normalized spacial score (nSPS) is 9.83. The van der Waals surface area contributed by atoms with Crippen molar-refractivity contribution in [3.05, 3.63) is 60.2 Å². The molecule has 120 valence electrons. The van der Waals surface area contributed by atoms with Gasteiger partial charge < -0.3 is 9.64 Å². The molecule has 0 fully saturated rings. The number of nitrogens with one attached hydrogen (secondary N) is 2. The molecule has 0 spiro atoms. The summed E-state index contributed by atoms with van der Waals surface area (Å²) in [6.07, 6.45) is 0. The molecule has 6 heteroatoms. The largest absolute Gasteiger partial charge is 0.484 e. The van der Waals surface area contributed by atoms with E-state index in [1.54, 1.807) is 30.3 Å². The van der Waals surface area contributed by atoms with E-state index in [1.807, 2.05) is 43.3 Å². The van der Waals surface area contributed by atoms with Crippen LogP contribution in [0.4, 0.5) is 5.69 Å². The summed E-state index contributed by atoms with van der Waals surface area (Å²) < 4.78 is 5.29. The van der Waals surface area contributed by atoms with E-state index in [0.29, 0.717) is 11.3 Å². The van der Waals surface area contributed by atoms with Crippen LogP contribution in [0.15, 0.2) is 54.6 Å². The third-order valence-corrected chi connectivity index (χ3v) is 3.05. The standard InChI is InChI=1S/C17H19N3O3/c1-20(2)14-8-6-7-13(11-14)17(22)19-18-16(21)12-23-15-9-4-3-5-10-15/h3-11H,12H2,1-2H3,(H,18,21)(H,19,22). The van der Waals surface area contributed by atoms with Gasteiger partial charge in [0.15, 0.2) is 6.61 Å². The molecule has 23 heavy (non-hydrogen) atoms. The fourth-order valence-electron chi connectivity index (χ4n) is 1.83. The Hall–Kier alpha value is -3.02. The number of nitrogens with zero attached hydrogens (tertiary/aromatic N) is 1. The van der Waals surface area contributed by atoms with Crippen LogP contribution in [-0.4, -0.2) is 32.5 Å². The van der Waals surface area contributed by atoms with Gasteiger partial charge in [0.2, 0.25) is 0 Å². The first-order chi connectivity index (χ1) is 11.1. The molecule has 0 aliphatic carbocycles. The van der Waals surface area contributed by atoms with Gasteiger partial charge in [-0.15, -0.1) is 0 Å². The van der Waals surface area contributed by atoms with Crippen molar-refractivity contribution in [1.29, 1.82) is 0 Å². The third-order valence-electron chi connectivity index (χ3n) is 3.05. The monoisotopic (exact) mass is 313 g/mol. The van der Waals surface area contributed by atoms with Crippen LogP contribution in [0, 0.1) is 0 Å². The lowest BCUT2D eigenvalue weighted by molar-refractivity contribution is -0.123. The number of para-hydroxylation sites is 1. The Bertz CT molecular complexity index is 672. The molecule has 2 aromatic carbocycles. The number of benzene rings is 2. The maximum atomic E-state index is 12.0. The zero-order valence-corrected chi connectivity index (χ0v) is 13.1. The molecule has 2 amide bonds. The van der Waals surface area contributed by atoms with E-state index < -0.39 is 5.91 Å². The number of hydrazine groups is 1. The summed E-state index contributed by atoms with van der Waals surface area (Å²) in [5.41, 5.74) is 6.05. The van der Waals surface area contributed by atoms with Gasteiger partial charge in [-0.25, -0.2) is 0 Å². The Morgan fingerprint density at radius 1 is 1.00 bits per heavy atom. The lowest BCUT2D eigenvalue weighted by Crippen LogP contribution is -2.43. The summed E-state index contributed by atoms with van der Waals surface area (Å²) in [5.74, 6) is -0.236. The van der Waals surface area contributed by atoms with E-state index in [-0.39, 0.29) is 12.5 Å². The first-order valence-electron chi connectivity index (χ1n) is 7.10. The first-order valence-corrected chi connectivity index (χ1v) is 7.10. The second-order valence-corrected chi connectivity index (χ2v) is 5.05. The molecule has 0 radical (unpaired) electrons. The van der Waals surface area contributed by atoms with E-state index >= 15 is 0 Å². The molecule has 0 aliphatic rings. The van der Waals surface area contributed by atoms with Gasteiger partial charge in [0.25, 0.3) is 11.8 Å². The number of hydrogen-bond donors (Lipinski definition) is 2. The molecule has 0 bridgehead atoms. The van der Waals surface area contributed by atoms with Crippen molar-refractivity contribution in [3.63, 3.8) is 0 Å². The van der Waals surface area contributed by atoms with Gasteiger partial charge >= 0.3 is 0 Å². The van der Waals surface area contributed by atoms with Crippen LogP contribution < -0.4 is 20.5 Å². The fraction of sp³-hybridized carbons (Fsp3) is 0.176. The average Bonchev–Trinajstić information content (AvgIpc) is 2.58. The second kappa shape index (κ2) is 7.84. The number of hydrogen-bond acceptors (Lipinski definition) is 4. The summed E-state index contributed by atoms with van der Waals surface area (Å²) in [4.78, 5) is 25.6. The van der Waals surface area contributed by atoms with Gasteiger partial charge in [0.1, 0.15) is 5.75 Å². The molecule has 0 aliphatic heterocycles. The summed E-state index contributed by atoms with van der Waals surface area (Å²) >= 11 is 0. The van der Waals surface area contributed by atoms with Gasteiger partial charge in [0.05, 0.1) is 0 Å². The molecule has 0 aromatic heterocycles. The van der Waals surface area contributed by atoms with Crippen LogP contribution in [0.25, 0.3) is 0 Å². The smallest absolute Gasteiger partial charge is 0.276 e. The van der Waals surface area contributed by atoms with Gasteiger partial charge in [-0.2, -0.15) is 0 Å². The number of amides is 2. The van der Waals surface area contributed by atoms with E-state index in [2.05, 4.69) is 10.9 Å². The zero-order valence-electron chi connectivity index (χ0n) is 13.1. The van der Waals surface area contributed by atoms with Gasteiger partial charge in [0, 0.05) is 25.3 Å². The molecule has 0 saturated carbocycles. The molecule has 0 atom stereocenters. The SMILES string of the molecule is CN(C)c1cccc(C(=O)NNC(=O)COc2ccccc2)c1. The topological polar surface area (TPSA) is 70.7 Å². The average molecular weight is 313 g/mol. The van der Waals surface area contributed by atoms with Crippen LogP contribution in [-0.2, 0) is 4.79 Å². The van der Waals surface area contributed by atoms with Crippen LogP contribution in [0.5, 0.6) is 5.75 Å². The van der Waals surface area contributed by atoms with E-state index in [4.69, 9.17) is 4.74 Å². The molecule has 2 rings (SSSR count). The van der Waals surface area contributed by atoms with Gasteiger partial charge in [-0.3, -0.25) is 20.4 Å². The minimum absolute atomic E-state index is 0.179. The van der Waals surface area contributed by atoms with E-state index in [9.17, 15) is 9.59 Å². The minimum Gasteiger partial charge on any atom is -0.484 e. The fourth-order valence-corrected chi connectivity index (χ4v) is 1.83. The maximum Gasteiger partial charge on any atom is 0.276 e. The van der Waals surface area contributed by atoms with Gasteiger partial charge in [-0.1, -0.05) is 24.3 Å². The lowest BCUT2D eigenvalue weighted by atomic mass is 10.2. The summed E-state index contributed by atoms with van der Waals surface area (Å²) in [6.45, 7) is -0.179. The Balaban J connectivity index is 1.82. The van der Waals surface area contributed by atoms with Crippen molar-refractivity contribution >= 4 is 17.5 Å². The molecule has 0 unspecified atom stereocenters. The quantitative estimate of drug-likeness (QED) is 0.823. The Kier molecular flexibility index (Phi) is 5.57. The molecule has 0 saturated heterocycles. The lowest BCUT2D eigenvalue weighted by Gasteiger charge is -2.13. The molecule has 0 heterocycles. The van der Waals surface area contributed by atoms with E-state index in [1.165, 1.54) is 0 Å². The Labute approximate surface area is 135 Å². The number of rotatable bonds is 5. The Morgan fingerprint density at radius 3 is 2.43 bits per heavy atom. The van der Waals surface area contributed by atoms with Crippen molar-refractivity contribution in [2.45, 2.75) is 0 Å². The van der Waals surface area contributed by atoms with Crippen LogP contribution in [0.1, 0.15) is 10.4 Å². The second-order valence-electron chi connectivity index (χ2n) is 5.05. The summed E-state index contributed by atoms with van der Waals surface area (Å²) in [6, 6.07) is 16.1. The number of anilines is 1. The predicted molar refractivity (Wildman–Crippen MR) is 88.3 cm³/mol. The highest BCUT2D eigenvalue weighted by Crippen LogP contribution is 2.13. The van der Waals surface area contributed by atoms with Crippen molar-refractivity contribution in [2.75, 3.05) is 25.6 Å². The van der Waals surface area contributed by atoms with Crippen LogP contribution >= 0.6 is 0 Å². The number of ether oxygens (including phenoxy) is 1. The molecular weight excluding hydrogens is 294 g/mol. The number of carbonyl (C=O) groups excluding carboxylic acids is 2. The van der Waals surface area contributed by atoms with Crippen LogP contribution in [0.3, 0.4) is 0 Å². The maximum absolute atomic E-state index is 12.0. The van der Waals surface area contributed by atoms with Crippen molar-refractivity contribution in [1.82, 2.24) is 10.9 Å². The predicted octanol–water partition coefficient (Wildman–Crippen LogP) is 1.59. The van der Waals surface area contributed by atoms with Gasteiger partial charge in [-0.05, 0) is 30.3 Å². The summed E-state index contributed by atoms with van der Waals surface area (Å²) in [5, 5.41) is 0. The highest BCUT2D eigenvalue weighted by atomic mass is 16.5. The molecular formula is C17H19N3O3. The van der Waals surface area contributed by atoms with Crippen molar-refractivity contribution < 1.29 is 14.3 Å². The molecule has 2 aromatic rings. The van der Waals surface area contributed by atoms with Crippen molar-refractivity contribution in [3.8, 4) is 5.75 Å². The van der Waals surface area contributed by atoms with E-state index in [0.717, 1.165) is 5.69 Å². The molecule has 2 N–H and O–H groups in total. The highest BCUT2D eigenvalue weighted by Gasteiger charge is 2.09. The van der Waals surface area contributed by atoms with Crippen LogP contribution in [0.2, 0.25) is 0 Å². The minimum atomic E-state index is -0.439.